The lowest BCUT2D eigenvalue weighted by atomic mass is 10.2. The van der Waals surface area contributed by atoms with E-state index < -0.39 is 11.9 Å². The number of ether oxygens (including phenoxy) is 3. The summed E-state index contributed by atoms with van der Waals surface area (Å²) in [5.41, 5.74) is 1.35. The van der Waals surface area contributed by atoms with Crippen LogP contribution in [0.3, 0.4) is 0 Å². The van der Waals surface area contributed by atoms with Crippen LogP contribution in [0.1, 0.15) is 27.7 Å². The Hall–Kier alpha value is -2.50. The topological polar surface area (TPSA) is 73.9 Å². The highest BCUT2D eigenvalue weighted by molar-refractivity contribution is 5.94. The van der Waals surface area contributed by atoms with Gasteiger partial charge in [-0.25, -0.2) is 4.79 Å². The van der Waals surface area contributed by atoms with E-state index in [-0.39, 0.29) is 6.61 Å². The van der Waals surface area contributed by atoms with Crippen LogP contribution in [0.5, 0.6) is 11.5 Å². The molecule has 1 aromatic carbocycles. The number of esters is 1. The molecule has 1 N–H and O–H groups in total. The van der Waals surface area contributed by atoms with Crippen molar-refractivity contribution in [2.45, 2.75) is 27.7 Å². The zero-order valence-electron chi connectivity index (χ0n) is 14.0. The van der Waals surface area contributed by atoms with Gasteiger partial charge in [0, 0.05) is 17.8 Å². The van der Waals surface area contributed by atoms with Gasteiger partial charge in [-0.3, -0.25) is 4.79 Å². The van der Waals surface area contributed by atoms with E-state index in [9.17, 15) is 9.59 Å². The van der Waals surface area contributed by atoms with Gasteiger partial charge in [0.25, 0.3) is 5.91 Å². The lowest BCUT2D eigenvalue weighted by molar-refractivity contribution is -0.142. The number of hydrogen-bond acceptors (Lipinski definition) is 5. The van der Waals surface area contributed by atoms with Gasteiger partial charge < -0.3 is 19.5 Å². The Morgan fingerprint density at radius 3 is 2.35 bits per heavy atom. The number of rotatable bonds is 8. The van der Waals surface area contributed by atoms with Gasteiger partial charge >= 0.3 is 5.97 Å². The Bertz CT molecular complexity index is 576. The van der Waals surface area contributed by atoms with Crippen molar-refractivity contribution in [2.24, 2.45) is 0 Å². The average molecular weight is 321 g/mol. The second-order valence-electron chi connectivity index (χ2n) is 4.91. The number of anilines is 1. The molecule has 0 radical (unpaired) electrons. The average Bonchev–Trinajstić information content (AvgIpc) is 2.47. The summed E-state index contributed by atoms with van der Waals surface area (Å²) in [6.45, 7) is 7.95. The minimum absolute atomic E-state index is 0.347. The fourth-order valence-corrected chi connectivity index (χ4v) is 1.74. The second-order valence-corrected chi connectivity index (χ2v) is 4.91. The Morgan fingerprint density at radius 2 is 1.74 bits per heavy atom. The molecule has 0 aliphatic carbocycles. The monoisotopic (exact) mass is 321 g/mol. The van der Waals surface area contributed by atoms with Crippen molar-refractivity contribution in [2.75, 3.05) is 25.1 Å². The molecule has 0 aliphatic rings. The normalized spacial score (nSPS) is 9.74. The van der Waals surface area contributed by atoms with Crippen LogP contribution in [0.2, 0.25) is 0 Å². The van der Waals surface area contributed by atoms with Gasteiger partial charge in [-0.05, 0) is 39.8 Å². The molecule has 0 aromatic heterocycles. The third kappa shape index (κ3) is 6.86. The molecule has 0 bridgehead atoms. The van der Waals surface area contributed by atoms with Crippen molar-refractivity contribution in [1.29, 1.82) is 0 Å². The summed E-state index contributed by atoms with van der Waals surface area (Å²) in [5.74, 6) is 0.199. The van der Waals surface area contributed by atoms with Gasteiger partial charge in [-0.1, -0.05) is 5.57 Å². The number of amides is 1. The van der Waals surface area contributed by atoms with Crippen LogP contribution >= 0.6 is 0 Å². The molecule has 1 aromatic rings. The number of carbonyl (C=O) groups is 2. The Balaban J connectivity index is 2.65. The Labute approximate surface area is 136 Å². The van der Waals surface area contributed by atoms with Crippen LogP contribution in [-0.2, 0) is 14.3 Å². The van der Waals surface area contributed by atoms with E-state index in [1.807, 2.05) is 13.8 Å². The summed E-state index contributed by atoms with van der Waals surface area (Å²) in [5, 5.41) is 2.65. The largest absolute Gasteiger partial charge is 0.490 e. The molecular formula is C17H23NO5. The Morgan fingerprint density at radius 1 is 1.09 bits per heavy atom. The van der Waals surface area contributed by atoms with Crippen molar-refractivity contribution in [3.05, 3.63) is 29.8 Å². The molecule has 0 saturated heterocycles. The first-order chi connectivity index (χ1) is 11.0. The number of carbonyl (C=O) groups excluding carboxylic acids is 2. The zero-order valence-corrected chi connectivity index (χ0v) is 14.0. The zero-order chi connectivity index (χ0) is 17.2. The maximum atomic E-state index is 11.8. The number of hydrogen-bond donors (Lipinski definition) is 1. The van der Waals surface area contributed by atoms with Crippen molar-refractivity contribution in [1.82, 2.24) is 0 Å². The number of nitrogens with one attached hydrogen (secondary N) is 1. The second kappa shape index (κ2) is 9.50. The first-order valence-electron chi connectivity index (χ1n) is 7.47. The predicted molar refractivity (Wildman–Crippen MR) is 87.8 cm³/mol. The van der Waals surface area contributed by atoms with Crippen LogP contribution in [0.25, 0.3) is 0 Å². The summed E-state index contributed by atoms with van der Waals surface area (Å²) in [6.07, 6.45) is 1.33. The highest BCUT2D eigenvalue weighted by Crippen LogP contribution is 2.30. The van der Waals surface area contributed by atoms with Crippen LogP contribution in [0.4, 0.5) is 5.69 Å². The van der Waals surface area contributed by atoms with Crippen LogP contribution < -0.4 is 14.8 Å². The molecule has 1 amide bonds. The molecule has 0 unspecified atom stereocenters. The van der Waals surface area contributed by atoms with E-state index in [0.29, 0.717) is 30.4 Å². The fraction of sp³-hybridized carbons (Fsp3) is 0.412. The molecule has 0 heterocycles. The highest BCUT2D eigenvalue weighted by atomic mass is 16.5. The van der Waals surface area contributed by atoms with Crippen molar-refractivity contribution in [3.8, 4) is 11.5 Å². The minimum atomic E-state index is -0.540. The summed E-state index contributed by atoms with van der Waals surface area (Å²) in [6, 6.07) is 5.09. The van der Waals surface area contributed by atoms with Gasteiger partial charge in [0.2, 0.25) is 0 Å². The number of allylic oxidation sites excluding steroid dienone is 1. The van der Waals surface area contributed by atoms with E-state index >= 15 is 0 Å². The molecule has 6 nitrogen and oxygen atoms in total. The van der Waals surface area contributed by atoms with Crippen molar-refractivity contribution in [3.63, 3.8) is 0 Å². The van der Waals surface area contributed by atoms with Gasteiger partial charge in [0.05, 0.1) is 13.2 Å². The van der Waals surface area contributed by atoms with E-state index in [2.05, 4.69) is 5.32 Å². The highest BCUT2D eigenvalue weighted by Gasteiger charge is 2.10. The predicted octanol–water partition coefficient (Wildman–Crippen LogP) is 2.93. The van der Waals surface area contributed by atoms with Crippen molar-refractivity contribution >= 4 is 17.6 Å². The first kappa shape index (κ1) is 18.5. The van der Waals surface area contributed by atoms with E-state index in [4.69, 9.17) is 14.2 Å². The third-order valence-corrected chi connectivity index (χ3v) is 2.58. The molecule has 6 heteroatoms. The van der Waals surface area contributed by atoms with Crippen LogP contribution in [0, 0.1) is 0 Å². The molecule has 1 rings (SSSR count). The molecule has 0 spiro atoms. The third-order valence-electron chi connectivity index (χ3n) is 2.58. The van der Waals surface area contributed by atoms with E-state index in [0.717, 1.165) is 5.57 Å². The van der Waals surface area contributed by atoms with Crippen molar-refractivity contribution < 1.29 is 23.8 Å². The van der Waals surface area contributed by atoms with Crippen LogP contribution in [-0.4, -0.2) is 31.7 Å². The lowest BCUT2D eigenvalue weighted by Crippen LogP contribution is -2.20. The van der Waals surface area contributed by atoms with Crippen LogP contribution in [0.15, 0.2) is 29.8 Å². The first-order valence-corrected chi connectivity index (χ1v) is 7.47. The maximum absolute atomic E-state index is 11.8. The molecule has 23 heavy (non-hydrogen) atoms. The Kier molecular flexibility index (Phi) is 7.66. The van der Waals surface area contributed by atoms with E-state index in [1.165, 1.54) is 6.08 Å². The molecule has 0 aliphatic heterocycles. The number of benzene rings is 1. The lowest BCUT2D eigenvalue weighted by Gasteiger charge is -2.13. The molecule has 126 valence electrons. The van der Waals surface area contributed by atoms with E-state index in [1.54, 1.807) is 32.0 Å². The molecule has 0 fully saturated rings. The standard InChI is InChI=1S/C17H23NO5/c1-5-21-14-8-7-13(10-15(14)22-6-2)18-16(19)11-23-17(20)9-12(3)4/h7-10H,5-6,11H2,1-4H3,(H,18,19). The maximum Gasteiger partial charge on any atom is 0.331 e. The molecular weight excluding hydrogens is 298 g/mol. The van der Waals surface area contributed by atoms with Gasteiger partial charge in [0.1, 0.15) is 0 Å². The smallest absolute Gasteiger partial charge is 0.331 e. The summed E-state index contributed by atoms with van der Waals surface area (Å²) < 4.78 is 15.8. The summed E-state index contributed by atoms with van der Waals surface area (Å²) in [4.78, 5) is 23.2. The SMILES string of the molecule is CCOc1ccc(NC(=O)COC(=O)C=C(C)C)cc1OCC. The summed E-state index contributed by atoms with van der Waals surface area (Å²) in [7, 11) is 0. The minimum Gasteiger partial charge on any atom is -0.490 e. The summed E-state index contributed by atoms with van der Waals surface area (Å²) >= 11 is 0. The molecule has 0 saturated carbocycles. The fourth-order valence-electron chi connectivity index (χ4n) is 1.74. The van der Waals surface area contributed by atoms with Gasteiger partial charge in [-0.15, -0.1) is 0 Å². The van der Waals surface area contributed by atoms with Gasteiger partial charge in [-0.2, -0.15) is 0 Å². The van der Waals surface area contributed by atoms with Gasteiger partial charge in [0.15, 0.2) is 18.1 Å². The molecule has 0 atom stereocenters. The quantitative estimate of drug-likeness (QED) is 0.588.